The van der Waals surface area contributed by atoms with Gasteiger partial charge < -0.3 is 28.4 Å². The zero-order valence-electron chi connectivity index (χ0n) is 18.2. The molecule has 1 aliphatic rings. The number of alkyl halides is 1. The molecule has 31 heavy (non-hydrogen) atoms. The quantitative estimate of drug-likeness (QED) is 0.478. The molecule has 1 aliphatic heterocycles. The first-order valence-electron chi connectivity index (χ1n) is 10.3. The van der Waals surface area contributed by atoms with Gasteiger partial charge in [0.15, 0.2) is 17.3 Å². The molecule has 1 amide bonds. The van der Waals surface area contributed by atoms with Gasteiger partial charge >= 0.3 is 0 Å². The van der Waals surface area contributed by atoms with Crippen molar-refractivity contribution in [2.24, 2.45) is 0 Å². The van der Waals surface area contributed by atoms with Crippen LogP contribution in [0.4, 0.5) is 0 Å². The summed E-state index contributed by atoms with van der Waals surface area (Å²) in [4.78, 5) is 14.5. The fourth-order valence-corrected chi connectivity index (χ4v) is 3.74. The van der Waals surface area contributed by atoms with Gasteiger partial charge in [-0.3, -0.25) is 4.79 Å². The Labute approximate surface area is 187 Å². The van der Waals surface area contributed by atoms with Crippen LogP contribution in [-0.4, -0.2) is 62.4 Å². The van der Waals surface area contributed by atoms with Crippen molar-refractivity contribution in [2.45, 2.75) is 38.3 Å². The van der Waals surface area contributed by atoms with Gasteiger partial charge in [-0.2, -0.15) is 0 Å². The van der Waals surface area contributed by atoms with Gasteiger partial charge in [-0.1, -0.05) is 5.16 Å². The summed E-state index contributed by atoms with van der Waals surface area (Å²) in [5.41, 5.74) is 1.38. The first-order chi connectivity index (χ1) is 15.1. The molecule has 1 saturated heterocycles. The number of aromatic nitrogens is 1. The van der Waals surface area contributed by atoms with Gasteiger partial charge in [-0.05, 0) is 31.4 Å². The maximum atomic E-state index is 12.7. The Morgan fingerprint density at radius 1 is 1.19 bits per heavy atom. The molecular formula is C22H29ClN2O6. The third-order valence-corrected chi connectivity index (χ3v) is 5.45. The summed E-state index contributed by atoms with van der Waals surface area (Å²) >= 11 is 5.77. The lowest BCUT2D eigenvalue weighted by Gasteiger charge is -2.24. The number of hydrogen-bond donors (Lipinski definition) is 0. The van der Waals surface area contributed by atoms with E-state index in [1.54, 1.807) is 38.4 Å². The van der Waals surface area contributed by atoms with E-state index >= 15 is 0 Å². The van der Waals surface area contributed by atoms with Crippen molar-refractivity contribution in [3.8, 4) is 28.6 Å². The number of halogens is 1. The van der Waals surface area contributed by atoms with Gasteiger partial charge in [0.05, 0.1) is 34.0 Å². The number of ether oxygens (including phenoxy) is 4. The van der Waals surface area contributed by atoms with Crippen LogP contribution in [0.2, 0.25) is 0 Å². The summed E-state index contributed by atoms with van der Waals surface area (Å²) in [6.45, 7) is 1.62. The van der Waals surface area contributed by atoms with Crippen molar-refractivity contribution in [1.82, 2.24) is 10.1 Å². The molecule has 0 radical (unpaired) electrons. The lowest BCUT2D eigenvalue weighted by Crippen LogP contribution is -2.37. The molecular weight excluding hydrogens is 424 g/mol. The number of carbonyl (C=O) groups is 1. The second-order valence-corrected chi connectivity index (χ2v) is 7.68. The Balaban J connectivity index is 1.79. The minimum Gasteiger partial charge on any atom is -0.493 e. The lowest BCUT2D eigenvalue weighted by molar-refractivity contribution is -0.133. The Bertz CT molecular complexity index is 840. The number of methoxy groups -OCH3 is 3. The minimum atomic E-state index is 0.0356. The Kier molecular flexibility index (Phi) is 8.43. The molecule has 1 aromatic heterocycles. The minimum absolute atomic E-state index is 0.0356. The lowest BCUT2D eigenvalue weighted by atomic mass is 10.1. The first kappa shape index (κ1) is 23.2. The molecule has 1 atom stereocenters. The summed E-state index contributed by atoms with van der Waals surface area (Å²) in [6.07, 6.45) is 3.06. The third kappa shape index (κ3) is 5.83. The van der Waals surface area contributed by atoms with Crippen LogP contribution in [0.15, 0.2) is 22.7 Å². The van der Waals surface area contributed by atoms with Crippen LogP contribution in [0.3, 0.4) is 0 Å². The monoisotopic (exact) mass is 452 g/mol. The Morgan fingerprint density at radius 3 is 2.52 bits per heavy atom. The highest BCUT2D eigenvalue weighted by Crippen LogP contribution is 2.41. The molecule has 0 spiro atoms. The zero-order chi connectivity index (χ0) is 22.2. The van der Waals surface area contributed by atoms with E-state index in [1.807, 2.05) is 6.07 Å². The normalized spacial score (nSPS) is 15.7. The molecule has 2 aromatic rings. The molecule has 3 rings (SSSR count). The van der Waals surface area contributed by atoms with Crippen molar-refractivity contribution in [3.05, 3.63) is 23.9 Å². The SMILES string of the molecule is COc1cc(-c2cc(CN(CC3CCCO3)C(=O)CCCCl)no2)cc(OC)c1OC. The van der Waals surface area contributed by atoms with Crippen LogP contribution < -0.4 is 14.2 Å². The maximum Gasteiger partial charge on any atom is 0.223 e. The number of nitrogens with zero attached hydrogens (tertiary/aromatic N) is 2. The van der Waals surface area contributed by atoms with Gasteiger partial charge in [-0.25, -0.2) is 0 Å². The van der Waals surface area contributed by atoms with Gasteiger partial charge in [0.2, 0.25) is 11.7 Å². The van der Waals surface area contributed by atoms with Crippen LogP contribution in [0.1, 0.15) is 31.4 Å². The largest absolute Gasteiger partial charge is 0.493 e. The number of rotatable bonds is 11. The molecule has 170 valence electrons. The highest BCUT2D eigenvalue weighted by atomic mass is 35.5. The van der Waals surface area contributed by atoms with Crippen LogP contribution in [-0.2, 0) is 16.1 Å². The van der Waals surface area contributed by atoms with Crippen LogP contribution in [0.5, 0.6) is 17.2 Å². The van der Waals surface area contributed by atoms with Crippen LogP contribution >= 0.6 is 11.6 Å². The van der Waals surface area contributed by atoms with Crippen molar-refractivity contribution in [1.29, 1.82) is 0 Å². The van der Waals surface area contributed by atoms with Crippen LogP contribution in [0.25, 0.3) is 11.3 Å². The summed E-state index contributed by atoms with van der Waals surface area (Å²) in [6, 6.07) is 5.40. The molecule has 1 aromatic carbocycles. The van der Waals surface area contributed by atoms with E-state index in [2.05, 4.69) is 5.16 Å². The summed E-state index contributed by atoms with van der Waals surface area (Å²) in [5, 5.41) is 4.17. The Hall–Kier alpha value is -2.45. The van der Waals surface area contributed by atoms with E-state index in [4.69, 9.17) is 35.1 Å². The van der Waals surface area contributed by atoms with E-state index in [0.29, 0.717) is 60.5 Å². The standard InChI is InChI=1S/C22H29ClN2O6/c1-27-19-10-15(11-20(28-2)22(19)29-3)18-12-16(24-31-18)13-25(21(26)7-4-8-23)14-17-6-5-9-30-17/h10-12,17H,4-9,13-14H2,1-3H3. The molecule has 9 heteroatoms. The Morgan fingerprint density at radius 2 is 1.94 bits per heavy atom. The van der Waals surface area contributed by atoms with E-state index in [1.165, 1.54) is 0 Å². The predicted molar refractivity (Wildman–Crippen MR) is 116 cm³/mol. The second-order valence-electron chi connectivity index (χ2n) is 7.30. The highest BCUT2D eigenvalue weighted by Gasteiger charge is 2.24. The molecule has 2 heterocycles. The number of hydrogen-bond acceptors (Lipinski definition) is 7. The van der Waals surface area contributed by atoms with Crippen molar-refractivity contribution in [2.75, 3.05) is 40.4 Å². The van der Waals surface area contributed by atoms with Gasteiger partial charge in [-0.15, -0.1) is 11.6 Å². The number of benzene rings is 1. The molecule has 8 nitrogen and oxygen atoms in total. The average Bonchev–Trinajstić information content (AvgIpc) is 3.48. The fraction of sp³-hybridized carbons (Fsp3) is 0.545. The van der Waals surface area contributed by atoms with Crippen molar-refractivity contribution in [3.63, 3.8) is 0 Å². The van der Waals surface area contributed by atoms with Gasteiger partial charge in [0.1, 0.15) is 5.69 Å². The first-order valence-corrected chi connectivity index (χ1v) is 10.8. The topological polar surface area (TPSA) is 83.3 Å². The van der Waals surface area contributed by atoms with Gasteiger partial charge in [0, 0.05) is 37.1 Å². The van der Waals surface area contributed by atoms with E-state index in [9.17, 15) is 4.79 Å². The fourth-order valence-electron chi connectivity index (χ4n) is 3.61. The van der Waals surface area contributed by atoms with Crippen molar-refractivity contribution >= 4 is 17.5 Å². The summed E-state index contributed by atoms with van der Waals surface area (Å²) in [5.74, 6) is 2.57. The number of amides is 1. The summed E-state index contributed by atoms with van der Waals surface area (Å²) < 4.78 is 27.5. The zero-order valence-corrected chi connectivity index (χ0v) is 18.9. The molecule has 0 bridgehead atoms. The molecule has 1 fully saturated rings. The van der Waals surface area contributed by atoms with Crippen molar-refractivity contribution < 1.29 is 28.3 Å². The predicted octanol–water partition coefficient (Wildman–Crippen LogP) is 3.89. The average molecular weight is 453 g/mol. The summed E-state index contributed by atoms with van der Waals surface area (Å²) in [7, 11) is 4.67. The highest BCUT2D eigenvalue weighted by molar-refractivity contribution is 6.17. The third-order valence-electron chi connectivity index (χ3n) is 5.19. The van der Waals surface area contributed by atoms with E-state index in [-0.39, 0.29) is 12.0 Å². The smallest absolute Gasteiger partial charge is 0.223 e. The molecule has 0 N–H and O–H groups in total. The van der Waals surface area contributed by atoms with Crippen LogP contribution in [0, 0.1) is 0 Å². The van der Waals surface area contributed by atoms with Gasteiger partial charge in [0.25, 0.3) is 0 Å². The molecule has 1 unspecified atom stereocenters. The maximum absolute atomic E-state index is 12.7. The molecule has 0 saturated carbocycles. The number of carbonyl (C=O) groups excluding carboxylic acids is 1. The second kappa shape index (κ2) is 11.2. The van der Waals surface area contributed by atoms with E-state index < -0.39 is 0 Å². The van der Waals surface area contributed by atoms with E-state index in [0.717, 1.165) is 25.0 Å². The molecule has 0 aliphatic carbocycles.